The van der Waals surface area contributed by atoms with Crippen molar-refractivity contribution in [2.24, 2.45) is 0 Å². The molecule has 17 heavy (non-hydrogen) atoms. The quantitative estimate of drug-likeness (QED) is 0.840. The molecule has 0 bridgehead atoms. The zero-order chi connectivity index (χ0) is 12.3. The molecule has 1 saturated heterocycles. The molecule has 1 aromatic heterocycles. The predicted molar refractivity (Wildman–Crippen MR) is 63.0 cm³/mol. The summed E-state index contributed by atoms with van der Waals surface area (Å²) in [5.41, 5.74) is 0.648. The van der Waals surface area contributed by atoms with Crippen LogP contribution in [0.1, 0.15) is 16.1 Å². The van der Waals surface area contributed by atoms with Crippen LogP contribution >= 0.6 is 0 Å². The lowest BCUT2D eigenvalue weighted by Crippen LogP contribution is -2.48. The van der Waals surface area contributed by atoms with Gasteiger partial charge in [0.1, 0.15) is 5.76 Å². The van der Waals surface area contributed by atoms with Gasteiger partial charge in [-0.2, -0.15) is 0 Å². The number of hydrogen-bond donors (Lipinski definition) is 1. The van der Waals surface area contributed by atoms with Gasteiger partial charge in [-0.3, -0.25) is 4.79 Å². The number of ether oxygens (including phenoxy) is 1. The summed E-state index contributed by atoms with van der Waals surface area (Å²) in [6, 6.07) is 1.72. The van der Waals surface area contributed by atoms with Crippen LogP contribution in [0.25, 0.3) is 0 Å². The summed E-state index contributed by atoms with van der Waals surface area (Å²) in [4.78, 5) is 14.0. The highest BCUT2D eigenvalue weighted by Crippen LogP contribution is 2.14. The molecule has 1 aliphatic heterocycles. The number of nitrogens with zero attached hydrogens (tertiary/aromatic N) is 1. The molecule has 2 rings (SSSR count). The third-order valence-electron chi connectivity index (χ3n) is 2.95. The van der Waals surface area contributed by atoms with E-state index in [1.807, 2.05) is 11.9 Å². The molecule has 94 valence electrons. The van der Waals surface area contributed by atoms with Crippen molar-refractivity contribution >= 4 is 5.91 Å². The van der Waals surface area contributed by atoms with Crippen molar-refractivity contribution in [2.45, 2.75) is 13.0 Å². The second-order valence-electron chi connectivity index (χ2n) is 4.19. The maximum Gasteiger partial charge on any atom is 0.257 e. The van der Waals surface area contributed by atoms with E-state index in [1.165, 1.54) is 0 Å². The van der Waals surface area contributed by atoms with E-state index >= 15 is 0 Å². The lowest BCUT2D eigenvalue weighted by molar-refractivity contribution is -0.0196. The summed E-state index contributed by atoms with van der Waals surface area (Å²) in [5.74, 6) is 0.701. The van der Waals surface area contributed by atoms with Crippen molar-refractivity contribution in [3.05, 3.63) is 23.7 Å². The number of carbonyl (C=O) groups excluding carboxylic acids is 1. The second-order valence-corrected chi connectivity index (χ2v) is 4.19. The Morgan fingerprint density at radius 1 is 1.65 bits per heavy atom. The minimum Gasteiger partial charge on any atom is -0.469 e. The molecule has 1 aromatic rings. The number of nitrogens with one attached hydrogen (secondary N) is 1. The van der Waals surface area contributed by atoms with E-state index in [9.17, 15) is 4.79 Å². The fraction of sp³-hybridized carbons (Fsp3) is 0.583. The van der Waals surface area contributed by atoms with Crippen molar-refractivity contribution in [2.75, 3.05) is 33.3 Å². The van der Waals surface area contributed by atoms with Crippen LogP contribution in [-0.2, 0) is 4.74 Å². The highest BCUT2D eigenvalue weighted by Gasteiger charge is 2.26. The Morgan fingerprint density at radius 2 is 2.47 bits per heavy atom. The van der Waals surface area contributed by atoms with Gasteiger partial charge in [0.15, 0.2) is 0 Å². The number of carbonyl (C=O) groups is 1. The number of hydrogen-bond acceptors (Lipinski definition) is 4. The van der Waals surface area contributed by atoms with E-state index in [0.717, 1.165) is 6.54 Å². The Balaban J connectivity index is 2.02. The predicted octanol–water partition coefficient (Wildman–Crippen LogP) is 0.648. The molecule has 1 fully saturated rings. The molecule has 0 aromatic carbocycles. The molecule has 1 aliphatic rings. The lowest BCUT2D eigenvalue weighted by atomic mass is 10.2. The van der Waals surface area contributed by atoms with Gasteiger partial charge in [0, 0.05) is 19.6 Å². The molecular formula is C12H18N2O3. The van der Waals surface area contributed by atoms with Gasteiger partial charge in [0.25, 0.3) is 5.91 Å². The highest BCUT2D eigenvalue weighted by atomic mass is 16.5. The number of morpholine rings is 1. The third-order valence-corrected chi connectivity index (χ3v) is 2.95. The largest absolute Gasteiger partial charge is 0.469 e. The first-order valence-electron chi connectivity index (χ1n) is 5.82. The van der Waals surface area contributed by atoms with Crippen LogP contribution < -0.4 is 5.32 Å². The molecule has 0 radical (unpaired) electrons. The second kappa shape index (κ2) is 5.33. The summed E-state index contributed by atoms with van der Waals surface area (Å²) < 4.78 is 10.7. The fourth-order valence-corrected chi connectivity index (χ4v) is 2.03. The first-order valence-corrected chi connectivity index (χ1v) is 5.82. The van der Waals surface area contributed by atoms with E-state index in [-0.39, 0.29) is 12.0 Å². The summed E-state index contributed by atoms with van der Waals surface area (Å²) in [5, 5.41) is 3.06. The molecule has 0 spiro atoms. The number of aryl methyl sites for hydroxylation is 1. The van der Waals surface area contributed by atoms with E-state index in [1.54, 1.807) is 19.3 Å². The average molecular weight is 238 g/mol. The van der Waals surface area contributed by atoms with Gasteiger partial charge in [-0.15, -0.1) is 0 Å². The Labute approximate surface area is 101 Å². The minimum absolute atomic E-state index is 0.0284. The molecule has 5 heteroatoms. The first kappa shape index (κ1) is 12.1. The smallest absolute Gasteiger partial charge is 0.257 e. The van der Waals surface area contributed by atoms with Gasteiger partial charge in [-0.05, 0) is 20.0 Å². The maximum absolute atomic E-state index is 12.2. The molecular weight excluding hydrogens is 220 g/mol. The van der Waals surface area contributed by atoms with Crippen LogP contribution in [0.3, 0.4) is 0 Å². The van der Waals surface area contributed by atoms with Crippen molar-refractivity contribution in [1.29, 1.82) is 0 Å². The number of amides is 1. The van der Waals surface area contributed by atoms with E-state index in [4.69, 9.17) is 9.15 Å². The monoisotopic (exact) mass is 238 g/mol. The number of likely N-dealkylation sites (N-methyl/N-ethyl adjacent to an activating group) is 1. The van der Waals surface area contributed by atoms with Crippen molar-refractivity contribution in [3.63, 3.8) is 0 Å². The summed E-state index contributed by atoms with van der Waals surface area (Å²) in [7, 11) is 1.88. The standard InChI is InChI=1S/C12H18N2O3/c1-9-11(3-5-16-9)12(15)14-4-6-17-10(8-14)7-13-2/h3,5,10,13H,4,6-8H2,1-2H3. The average Bonchev–Trinajstić information content (AvgIpc) is 2.75. The van der Waals surface area contributed by atoms with Crippen molar-refractivity contribution in [1.82, 2.24) is 10.2 Å². The van der Waals surface area contributed by atoms with Gasteiger partial charge in [0.2, 0.25) is 0 Å². The summed E-state index contributed by atoms with van der Waals surface area (Å²) in [6.07, 6.45) is 1.62. The van der Waals surface area contributed by atoms with Crippen LogP contribution in [0.2, 0.25) is 0 Å². The Morgan fingerprint density at radius 3 is 3.12 bits per heavy atom. The molecule has 0 aliphatic carbocycles. The van der Waals surface area contributed by atoms with Crippen LogP contribution in [0.15, 0.2) is 16.7 Å². The van der Waals surface area contributed by atoms with Crippen LogP contribution in [0, 0.1) is 6.92 Å². The van der Waals surface area contributed by atoms with E-state index in [2.05, 4.69) is 5.32 Å². The van der Waals surface area contributed by atoms with Crippen molar-refractivity contribution in [3.8, 4) is 0 Å². The third kappa shape index (κ3) is 2.68. The first-order chi connectivity index (χ1) is 8.22. The zero-order valence-corrected chi connectivity index (χ0v) is 10.2. The molecule has 1 unspecified atom stereocenters. The Bertz CT molecular complexity index is 387. The Hall–Kier alpha value is -1.33. The highest BCUT2D eigenvalue weighted by molar-refractivity contribution is 5.95. The summed E-state index contributed by atoms with van der Waals surface area (Å²) >= 11 is 0. The molecule has 0 saturated carbocycles. The van der Waals surface area contributed by atoms with Gasteiger partial charge in [-0.1, -0.05) is 0 Å². The number of rotatable bonds is 3. The van der Waals surface area contributed by atoms with Gasteiger partial charge < -0.3 is 19.4 Å². The molecule has 1 amide bonds. The maximum atomic E-state index is 12.2. The van der Waals surface area contributed by atoms with E-state index < -0.39 is 0 Å². The SMILES string of the molecule is CNCC1CN(C(=O)c2ccoc2C)CCO1. The zero-order valence-electron chi connectivity index (χ0n) is 10.2. The molecule has 2 heterocycles. The van der Waals surface area contributed by atoms with Crippen LogP contribution in [0.5, 0.6) is 0 Å². The van der Waals surface area contributed by atoms with Crippen molar-refractivity contribution < 1.29 is 13.9 Å². The molecule has 1 N–H and O–H groups in total. The van der Waals surface area contributed by atoms with Crippen LogP contribution in [-0.4, -0.2) is 50.2 Å². The normalized spacial score (nSPS) is 20.6. The van der Waals surface area contributed by atoms with Crippen LogP contribution in [0.4, 0.5) is 0 Å². The minimum atomic E-state index is 0.0284. The lowest BCUT2D eigenvalue weighted by Gasteiger charge is -2.32. The topological polar surface area (TPSA) is 54.7 Å². The molecule has 5 nitrogen and oxygen atoms in total. The van der Waals surface area contributed by atoms with Gasteiger partial charge in [0.05, 0.1) is 24.5 Å². The van der Waals surface area contributed by atoms with E-state index in [0.29, 0.717) is 31.0 Å². The van der Waals surface area contributed by atoms with Gasteiger partial charge >= 0.3 is 0 Å². The van der Waals surface area contributed by atoms with Gasteiger partial charge in [-0.25, -0.2) is 0 Å². The Kier molecular flexibility index (Phi) is 3.81. The number of furan rings is 1. The summed E-state index contributed by atoms with van der Waals surface area (Å²) in [6.45, 7) is 4.43. The fourth-order valence-electron chi connectivity index (χ4n) is 2.03. The molecule has 1 atom stereocenters.